The van der Waals surface area contributed by atoms with Gasteiger partial charge >= 0.3 is 6.03 Å². The lowest BCUT2D eigenvalue weighted by atomic mass is 9.96. The van der Waals surface area contributed by atoms with Crippen molar-refractivity contribution in [2.24, 2.45) is 0 Å². The molecule has 156 valence electrons. The van der Waals surface area contributed by atoms with E-state index in [9.17, 15) is 9.59 Å². The maximum atomic E-state index is 13.0. The van der Waals surface area contributed by atoms with E-state index in [1.807, 2.05) is 54.6 Å². The van der Waals surface area contributed by atoms with E-state index in [4.69, 9.17) is 9.47 Å². The fourth-order valence-electron chi connectivity index (χ4n) is 3.76. The van der Waals surface area contributed by atoms with Gasteiger partial charge in [0.1, 0.15) is 12.4 Å². The maximum absolute atomic E-state index is 13.0. The van der Waals surface area contributed by atoms with Crippen LogP contribution >= 0.6 is 0 Å². The van der Waals surface area contributed by atoms with Crippen LogP contribution in [0.3, 0.4) is 0 Å². The van der Waals surface area contributed by atoms with Gasteiger partial charge in [0.25, 0.3) is 5.91 Å². The quantitative estimate of drug-likeness (QED) is 0.660. The summed E-state index contributed by atoms with van der Waals surface area (Å²) in [7, 11) is 1.64. The molecule has 2 aliphatic heterocycles. The molecule has 0 saturated heterocycles. The lowest BCUT2D eigenvalue weighted by molar-refractivity contribution is -0.125. The van der Waals surface area contributed by atoms with Crippen LogP contribution in [0.1, 0.15) is 23.6 Å². The number of nitrogens with one attached hydrogen (secondary N) is 2. The van der Waals surface area contributed by atoms with Crippen molar-refractivity contribution < 1.29 is 19.1 Å². The van der Waals surface area contributed by atoms with Gasteiger partial charge in [0.15, 0.2) is 0 Å². The van der Waals surface area contributed by atoms with Gasteiger partial charge in [0, 0.05) is 20.3 Å². The predicted octanol–water partition coefficient (Wildman–Crippen LogP) is 2.75. The van der Waals surface area contributed by atoms with E-state index in [0.717, 1.165) is 23.3 Å². The molecule has 0 aliphatic carbocycles. The fourth-order valence-corrected chi connectivity index (χ4v) is 3.76. The summed E-state index contributed by atoms with van der Waals surface area (Å²) in [4.78, 5) is 26.9. The number of hydrogen-bond acceptors (Lipinski definition) is 4. The van der Waals surface area contributed by atoms with Gasteiger partial charge in [-0.3, -0.25) is 4.79 Å². The van der Waals surface area contributed by atoms with Gasteiger partial charge in [-0.2, -0.15) is 0 Å². The zero-order valence-electron chi connectivity index (χ0n) is 16.9. The summed E-state index contributed by atoms with van der Waals surface area (Å²) in [5, 5.41) is 5.67. The molecule has 1 atom stereocenters. The third-order valence-electron chi connectivity index (χ3n) is 5.26. The number of benzene rings is 2. The summed E-state index contributed by atoms with van der Waals surface area (Å²) in [5.41, 5.74) is 3.21. The molecule has 0 bridgehead atoms. The number of amides is 3. The van der Waals surface area contributed by atoms with Gasteiger partial charge in [-0.25, -0.2) is 4.79 Å². The smallest absolute Gasteiger partial charge is 0.319 e. The van der Waals surface area contributed by atoms with Crippen LogP contribution in [0, 0.1) is 0 Å². The first-order chi connectivity index (χ1) is 14.7. The third kappa shape index (κ3) is 4.31. The van der Waals surface area contributed by atoms with Crippen molar-refractivity contribution in [2.75, 3.05) is 26.8 Å². The Kier molecular flexibility index (Phi) is 5.99. The lowest BCUT2D eigenvalue weighted by Gasteiger charge is -2.25. The van der Waals surface area contributed by atoms with Gasteiger partial charge in [-0.1, -0.05) is 42.5 Å². The molecule has 3 amide bonds. The first kappa shape index (κ1) is 20.0. The summed E-state index contributed by atoms with van der Waals surface area (Å²) in [5.74, 6) is 0.680. The molecule has 0 spiro atoms. The minimum Gasteiger partial charge on any atom is -0.489 e. The molecule has 7 nitrogen and oxygen atoms in total. The number of methoxy groups -OCH3 is 1. The molecule has 0 saturated carbocycles. The summed E-state index contributed by atoms with van der Waals surface area (Å²) >= 11 is 0. The molecule has 2 aromatic rings. The molecule has 0 fully saturated rings. The number of ether oxygens (including phenoxy) is 2. The highest BCUT2D eigenvalue weighted by atomic mass is 16.5. The van der Waals surface area contributed by atoms with Crippen molar-refractivity contribution in [2.45, 2.75) is 19.1 Å². The second kappa shape index (κ2) is 9.00. The molecule has 30 heavy (non-hydrogen) atoms. The van der Waals surface area contributed by atoms with Gasteiger partial charge < -0.3 is 25.0 Å². The van der Waals surface area contributed by atoms with E-state index < -0.39 is 6.04 Å². The molecule has 7 heteroatoms. The van der Waals surface area contributed by atoms with Crippen LogP contribution in [-0.4, -0.2) is 43.6 Å². The number of carbonyl (C=O) groups excluding carboxylic acids is 2. The van der Waals surface area contributed by atoms with Gasteiger partial charge in [0.05, 0.1) is 23.9 Å². The van der Waals surface area contributed by atoms with Gasteiger partial charge in [-0.05, 0) is 29.7 Å². The second-order valence-electron chi connectivity index (χ2n) is 7.34. The molecule has 0 aromatic heterocycles. The Labute approximate surface area is 175 Å². The Morgan fingerprint density at radius 2 is 1.83 bits per heavy atom. The summed E-state index contributed by atoms with van der Waals surface area (Å²) < 4.78 is 10.9. The van der Waals surface area contributed by atoms with Crippen LogP contribution in [0.15, 0.2) is 65.9 Å². The molecular formula is C23H25N3O4. The molecule has 4 rings (SSSR count). The highest BCUT2D eigenvalue weighted by Gasteiger charge is 2.40. The first-order valence-corrected chi connectivity index (χ1v) is 10.0. The standard InChI is InChI=1S/C23H25N3O4/c1-29-13-5-12-26-14-19-20(22(26)27)21(25-23(28)24-19)17-8-10-18(11-9-17)30-15-16-6-3-2-4-7-16/h2-4,6-11,21H,5,12-15H2,1H3,(H2,24,25,28)/t21-/m0/s1. The number of hydrogen-bond donors (Lipinski definition) is 2. The molecule has 2 aliphatic rings. The molecule has 2 N–H and O–H groups in total. The normalized spacial score (nSPS) is 18.2. The average molecular weight is 407 g/mol. The topological polar surface area (TPSA) is 79.9 Å². The van der Waals surface area contributed by atoms with Crippen molar-refractivity contribution in [3.05, 3.63) is 77.0 Å². The number of rotatable bonds is 8. The molecule has 0 radical (unpaired) electrons. The van der Waals surface area contributed by atoms with Gasteiger partial charge in [-0.15, -0.1) is 0 Å². The highest BCUT2D eigenvalue weighted by Crippen LogP contribution is 2.33. The van der Waals surface area contributed by atoms with E-state index in [1.54, 1.807) is 12.0 Å². The predicted molar refractivity (Wildman–Crippen MR) is 112 cm³/mol. The Balaban J connectivity index is 1.46. The van der Waals surface area contributed by atoms with E-state index in [2.05, 4.69) is 10.6 Å². The van der Waals surface area contributed by atoms with Crippen molar-refractivity contribution in [1.29, 1.82) is 0 Å². The Bertz CT molecular complexity index is 941. The van der Waals surface area contributed by atoms with Crippen LogP contribution in [0.2, 0.25) is 0 Å². The van der Waals surface area contributed by atoms with Crippen LogP contribution in [-0.2, 0) is 16.1 Å². The zero-order valence-corrected chi connectivity index (χ0v) is 16.9. The number of carbonyl (C=O) groups is 2. The highest BCUT2D eigenvalue weighted by molar-refractivity contribution is 6.01. The summed E-state index contributed by atoms with van der Waals surface area (Å²) in [6.07, 6.45) is 0.752. The van der Waals surface area contributed by atoms with Crippen molar-refractivity contribution in [3.8, 4) is 5.75 Å². The van der Waals surface area contributed by atoms with E-state index in [0.29, 0.717) is 37.6 Å². The minimum atomic E-state index is -0.475. The third-order valence-corrected chi connectivity index (χ3v) is 5.26. The Hall–Kier alpha value is -3.32. The van der Waals surface area contributed by atoms with Gasteiger partial charge in [0.2, 0.25) is 0 Å². The molecular weight excluding hydrogens is 382 g/mol. The number of nitrogens with zero attached hydrogens (tertiary/aromatic N) is 1. The molecule has 2 aromatic carbocycles. The fraction of sp³-hybridized carbons (Fsp3) is 0.304. The van der Waals surface area contributed by atoms with Crippen LogP contribution < -0.4 is 15.4 Å². The summed E-state index contributed by atoms with van der Waals surface area (Å²) in [6, 6.07) is 16.7. The van der Waals surface area contributed by atoms with Crippen LogP contribution in [0.5, 0.6) is 5.75 Å². The molecule has 0 unspecified atom stereocenters. The van der Waals surface area contributed by atoms with E-state index in [-0.39, 0.29) is 11.9 Å². The molecule has 2 heterocycles. The maximum Gasteiger partial charge on any atom is 0.319 e. The Morgan fingerprint density at radius 3 is 2.57 bits per heavy atom. The van der Waals surface area contributed by atoms with Crippen molar-refractivity contribution in [1.82, 2.24) is 15.5 Å². The minimum absolute atomic E-state index is 0.0528. The largest absolute Gasteiger partial charge is 0.489 e. The van der Waals surface area contributed by atoms with E-state index >= 15 is 0 Å². The summed E-state index contributed by atoms with van der Waals surface area (Å²) in [6.45, 7) is 2.08. The van der Waals surface area contributed by atoms with Crippen molar-refractivity contribution >= 4 is 11.9 Å². The first-order valence-electron chi connectivity index (χ1n) is 10.0. The lowest BCUT2D eigenvalue weighted by Crippen LogP contribution is -2.44. The average Bonchev–Trinajstić information content (AvgIpc) is 3.08. The second-order valence-corrected chi connectivity index (χ2v) is 7.34. The van der Waals surface area contributed by atoms with E-state index in [1.165, 1.54) is 0 Å². The van der Waals surface area contributed by atoms with Crippen LogP contribution in [0.25, 0.3) is 0 Å². The zero-order chi connectivity index (χ0) is 20.9. The van der Waals surface area contributed by atoms with Crippen LogP contribution in [0.4, 0.5) is 4.79 Å². The number of urea groups is 1. The monoisotopic (exact) mass is 407 g/mol. The SMILES string of the molecule is COCCCN1CC2=C(C1=O)[C@H](c1ccc(OCc3ccccc3)cc1)NC(=O)N2. The Morgan fingerprint density at radius 1 is 1.07 bits per heavy atom. The van der Waals surface area contributed by atoms with Crippen molar-refractivity contribution in [3.63, 3.8) is 0 Å².